The van der Waals surface area contributed by atoms with Crippen molar-refractivity contribution in [3.05, 3.63) is 61.6 Å². The summed E-state index contributed by atoms with van der Waals surface area (Å²) < 4.78 is 5.47. The Hall–Kier alpha value is -2.02. The minimum absolute atomic E-state index is 0.119. The van der Waals surface area contributed by atoms with Gasteiger partial charge in [-0.15, -0.1) is 0 Å². The van der Waals surface area contributed by atoms with Gasteiger partial charge in [0, 0.05) is 17.2 Å². The van der Waals surface area contributed by atoms with Gasteiger partial charge >= 0.3 is 0 Å². The second-order valence-corrected chi connectivity index (χ2v) is 6.00. The first-order chi connectivity index (χ1) is 11.3. The van der Waals surface area contributed by atoms with Gasteiger partial charge in [-0.2, -0.15) is 0 Å². The molecule has 0 spiro atoms. The van der Waals surface area contributed by atoms with Crippen LogP contribution in [0.3, 0.4) is 0 Å². The first kappa shape index (κ1) is 18.3. The standard InChI is InChI=1S/C15H11Cl3N2O4/c1-8(24-14-5-2-9(16)6-12(14)18)15(21)19-13-7-10(20(22)23)3-4-11(13)17/h2-8H,1H3,(H,19,21)/t8-/m1/s1. The van der Waals surface area contributed by atoms with Crippen LogP contribution in [0.5, 0.6) is 5.75 Å². The van der Waals surface area contributed by atoms with E-state index in [9.17, 15) is 14.9 Å². The van der Waals surface area contributed by atoms with Crippen molar-refractivity contribution in [2.45, 2.75) is 13.0 Å². The van der Waals surface area contributed by atoms with Crippen molar-refractivity contribution < 1.29 is 14.5 Å². The molecule has 0 aliphatic heterocycles. The van der Waals surface area contributed by atoms with Gasteiger partial charge in [0.15, 0.2) is 6.10 Å². The number of nitrogens with one attached hydrogen (secondary N) is 1. The van der Waals surface area contributed by atoms with Crippen LogP contribution in [0, 0.1) is 10.1 Å². The Morgan fingerprint density at radius 2 is 1.88 bits per heavy atom. The molecule has 1 amide bonds. The number of nitro benzene ring substituents is 1. The minimum atomic E-state index is -0.918. The highest BCUT2D eigenvalue weighted by Gasteiger charge is 2.19. The van der Waals surface area contributed by atoms with Crippen molar-refractivity contribution >= 4 is 52.1 Å². The second kappa shape index (κ2) is 7.70. The summed E-state index contributed by atoms with van der Waals surface area (Å²) in [6.45, 7) is 1.51. The van der Waals surface area contributed by atoms with Crippen LogP contribution in [0.4, 0.5) is 11.4 Å². The summed E-state index contributed by atoms with van der Waals surface area (Å²) >= 11 is 17.7. The molecule has 2 aromatic rings. The lowest BCUT2D eigenvalue weighted by atomic mass is 10.2. The Balaban J connectivity index is 2.11. The molecule has 0 aromatic heterocycles. The minimum Gasteiger partial charge on any atom is -0.479 e. The van der Waals surface area contributed by atoms with Gasteiger partial charge in [-0.1, -0.05) is 34.8 Å². The summed E-state index contributed by atoms with van der Waals surface area (Å²) in [4.78, 5) is 22.4. The van der Waals surface area contributed by atoms with Crippen molar-refractivity contribution in [2.24, 2.45) is 0 Å². The number of benzene rings is 2. The average molecular weight is 390 g/mol. The normalized spacial score (nSPS) is 11.7. The molecule has 126 valence electrons. The molecule has 1 atom stereocenters. The summed E-state index contributed by atoms with van der Waals surface area (Å²) in [6.07, 6.45) is -0.918. The van der Waals surface area contributed by atoms with Gasteiger partial charge in [0.2, 0.25) is 0 Å². The van der Waals surface area contributed by atoms with Crippen LogP contribution < -0.4 is 10.1 Å². The van der Waals surface area contributed by atoms with Gasteiger partial charge in [-0.25, -0.2) is 0 Å². The number of anilines is 1. The maximum atomic E-state index is 12.2. The Labute approximate surface area is 152 Å². The van der Waals surface area contributed by atoms with Crippen molar-refractivity contribution in [3.8, 4) is 5.75 Å². The van der Waals surface area contributed by atoms with E-state index in [1.54, 1.807) is 6.07 Å². The summed E-state index contributed by atoms with van der Waals surface area (Å²) in [5.74, 6) is -0.253. The average Bonchev–Trinajstić information content (AvgIpc) is 2.51. The highest BCUT2D eigenvalue weighted by molar-refractivity contribution is 6.35. The van der Waals surface area contributed by atoms with E-state index in [1.807, 2.05) is 0 Å². The van der Waals surface area contributed by atoms with Crippen LogP contribution in [-0.2, 0) is 4.79 Å². The Bertz CT molecular complexity index is 798. The quantitative estimate of drug-likeness (QED) is 0.579. The molecule has 0 heterocycles. The zero-order valence-corrected chi connectivity index (χ0v) is 14.5. The summed E-state index contributed by atoms with van der Waals surface area (Å²) in [6, 6.07) is 8.34. The molecular formula is C15H11Cl3N2O4. The molecule has 0 aliphatic carbocycles. The summed E-state index contributed by atoms with van der Waals surface area (Å²) in [7, 11) is 0. The van der Waals surface area contributed by atoms with Gasteiger partial charge in [-0.3, -0.25) is 14.9 Å². The number of hydrogen-bond donors (Lipinski definition) is 1. The predicted molar refractivity (Wildman–Crippen MR) is 93.3 cm³/mol. The predicted octanol–water partition coefficient (Wildman–Crippen LogP) is 4.96. The van der Waals surface area contributed by atoms with E-state index in [1.165, 1.54) is 37.3 Å². The number of non-ortho nitro benzene ring substituents is 1. The van der Waals surface area contributed by atoms with E-state index >= 15 is 0 Å². The van der Waals surface area contributed by atoms with Crippen molar-refractivity contribution in [3.63, 3.8) is 0 Å². The van der Waals surface area contributed by atoms with Crippen molar-refractivity contribution in [1.29, 1.82) is 0 Å². The largest absolute Gasteiger partial charge is 0.479 e. The van der Waals surface area contributed by atoms with E-state index in [-0.39, 0.29) is 27.2 Å². The Kier molecular flexibility index (Phi) is 5.88. The number of carbonyl (C=O) groups is 1. The van der Waals surface area contributed by atoms with E-state index in [0.29, 0.717) is 5.02 Å². The van der Waals surface area contributed by atoms with E-state index in [4.69, 9.17) is 39.5 Å². The molecule has 0 radical (unpaired) electrons. The van der Waals surface area contributed by atoms with Gasteiger partial charge in [-0.05, 0) is 31.2 Å². The third-order valence-electron chi connectivity index (χ3n) is 2.99. The number of carbonyl (C=O) groups excluding carboxylic acids is 1. The van der Waals surface area contributed by atoms with Crippen LogP contribution in [0.15, 0.2) is 36.4 Å². The third kappa shape index (κ3) is 4.50. The molecule has 0 fully saturated rings. The fourth-order valence-corrected chi connectivity index (χ4v) is 2.39. The number of amides is 1. The molecule has 1 N–H and O–H groups in total. The topological polar surface area (TPSA) is 81.5 Å². The molecule has 24 heavy (non-hydrogen) atoms. The number of nitrogens with zero attached hydrogens (tertiary/aromatic N) is 1. The lowest BCUT2D eigenvalue weighted by Crippen LogP contribution is -2.30. The van der Waals surface area contributed by atoms with Gasteiger partial charge in [0.25, 0.3) is 11.6 Å². The Morgan fingerprint density at radius 1 is 1.17 bits per heavy atom. The Morgan fingerprint density at radius 3 is 2.50 bits per heavy atom. The summed E-state index contributed by atoms with van der Waals surface area (Å²) in [5.41, 5.74) is -0.0717. The van der Waals surface area contributed by atoms with Crippen LogP contribution in [0.2, 0.25) is 15.1 Å². The zero-order chi connectivity index (χ0) is 17.9. The maximum Gasteiger partial charge on any atom is 0.271 e. The molecule has 9 heteroatoms. The number of hydrogen-bond acceptors (Lipinski definition) is 4. The summed E-state index contributed by atoms with van der Waals surface area (Å²) in [5, 5.41) is 14.1. The van der Waals surface area contributed by atoms with E-state index in [0.717, 1.165) is 0 Å². The lowest BCUT2D eigenvalue weighted by Gasteiger charge is -2.16. The molecule has 0 aliphatic rings. The van der Waals surface area contributed by atoms with Crippen LogP contribution in [0.1, 0.15) is 6.92 Å². The highest BCUT2D eigenvalue weighted by Crippen LogP contribution is 2.29. The third-order valence-corrected chi connectivity index (χ3v) is 3.85. The van der Waals surface area contributed by atoms with E-state index in [2.05, 4.69) is 5.32 Å². The molecular weight excluding hydrogens is 379 g/mol. The van der Waals surface area contributed by atoms with Crippen molar-refractivity contribution in [1.82, 2.24) is 0 Å². The molecule has 2 aromatic carbocycles. The monoisotopic (exact) mass is 388 g/mol. The first-order valence-corrected chi connectivity index (χ1v) is 7.78. The number of rotatable bonds is 5. The zero-order valence-electron chi connectivity index (χ0n) is 12.3. The number of nitro groups is 1. The smallest absolute Gasteiger partial charge is 0.271 e. The van der Waals surface area contributed by atoms with Crippen LogP contribution in [0.25, 0.3) is 0 Å². The highest BCUT2D eigenvalue weighted by atomic mass is 35.5. The van der Waals surface area contributed by atoms with Crippen molar-refractivity contribution in [2.75, 3.05) is 5.32 Å². The molecule has 0 saturated carbocycles. The van der Waals surface area contributed by atoms with E-state index < -0.39 is 16.9 Å². The lowest BCUT2D eigenvalue weighted by molar-refractivity contribution is -0.384. The fraction of sp³-hybridized carbons (Fsp3) is 0.133. The second-order valence-electron chi connectivity index (χ2n) is 4.75. The van der Waals surface area contributed by atoms with Gasteiger partial charge in [0.1, 0.15) is 5.75 Å². The SMILES string of the molecule is C[C@@H](Oc1ccc(Cl)cc1Cl)C(=O)Nc1cc([N+](=O)[O-])ccc1Cl. The fourth-order valence-electron chi connectivity index (χ4n) is 1.77. The molecule has 0 saturated heterocycles. The molecule has 0 bridgehead atoms. The van der Waals surface area contributed by atoms with Crippen LogP contribution in [-0.4, -0.2) is 16.9 Å². The van der Waals surface area contributed by atoms with Gasteiger partial charge < -0.3 is 10.1 Å². The number of halogens is 3. The molecule has 0 unspecified atom stereocenters. The maximum absolute atomic E-state index is 12.2. The number of ether oxygens (including phenoxy) is 1. The van der Waals surface area contributed by atoms with Gasteiger partial charge in [0.05, 0.1) is 20.7 Å². The first-order valence-electron chi connectivity index (χ1n) is 6.64. The molecule has 6 nitrogen and oxygen atoms in total. The van der Waals surface area contributed by atoms with Crippen LogP contribution >= 0.6 is 34.8 Å². The molecule has 2 rings (SSSR count).